The van der Waals surface area contributed by atoms with Crippen molar-refractivity contribution in [2.24, 2.45) is 5.92 Å². The van der Waals surface area contributed by atoms with E-state index in [1.54, 1.807) is 0 Å². The number of carboxylic acid groups (broad SMARTS) is 1. The first-order valence-corrected chi connectivity index (χ1v) is 6.01. The molecule has 2 rings (SSSR count). The van der Waals surface area contributed by atoms with Gasteiger partial charge in [-0.15, -0.1) is 0 Å². The maximum Gasteiger partial charge on any atom is 0.308 e. The number of halogens is 1. The zero-order valence-electron chi connectivity index (χ0n) is 10.1. The molecule has 1 aromatic carbocycles. The van der Waals surface area contributed by atoms with Crippen LogP contribution >= 0.6 is 0 Å². The van der Waals surface area contributed by atoms with Crippen LogP contribution < -0.4 is 5.32 Å². The van der Waals surface area contributed by atoms with Crippen LogP contribution in [0.3, 0.4) is 0 Å². The SMILES string of the molecule is O=C(NC1CCCC1C(=O)O)c1ccc(F)cc1O. The van der Waals surface area contributed by atoms with Crippen LogP contribution in [0.25, 0.3) is 0 Å². The van der Waals surface area contributed by atoms with E-state index >= 15 is 0 Å². The minimum Gasteiger partial charge on any atom is -0.507 e. The highest BCUT2D eigenvalue weighted by Crippen LogP contribution is 2.27. The van der Waals surface area contributed by atoms with Crippen molar-refractivity contribution in [1.82, 2.24) is 5.32 Å². The average Bonchev–Trinajstić information content (AvgIpc) is 2.76. The Morgan fingerprint density at radius 3 is 2.68 bits per heavy atom. The summed E-state index contributed by atoms with van der Waals surface area (Å²) in [6, 6.07) is 2.63. The summed E-state index contributed by atoms with van der Waals surface area (Å²) in [5, 5.41) is 21.1. The van der Waals surface area contributed by atoms with Gasteiger partial charge in [0.05, 0.1) is 11.5 Å². The van der Waals surface area contributed by atoms with Crippen LogP contribution in [-0.2, 0) is 4.79 Å². The molecule has 1 amide bonds. The Morgan fingerprint density at radius 2 is 2.05 bits per heavy atom. The second kappa shape index (κ2) is 5.26. The third-order valence-corrected chi connectivity index (χ3v) is 3.35. The molecule has 0 saturated heterocycles. The van der Waals surface area contributed by atoms with E-state index in [0.29, 0.717) is 12.8 Å². The Balaban J connectivity index is 2.10. The largest absolute Gasteiger partial charge is 0.507 e. The number of carbonyl (C=O) groups excluding carboxylic acids is 1. The standard InChI is InChI=1S/C13H14FNO4/c14-7-4-5-9(11(16)6-7)12(17)15-10-3-1-2-8(10)13(18)19/h4-6,8,10,16H,1-3H2,(H,15,17)(H,18,19). The van der Waals surface area contributed by atoms with Crippen molar-refractivity contribution in [2.45, 2.75) is 25.3 Å². The van der Waals surface area contributed by atoms with E-state index in [2.05, 4.69) is 5.32 Å². The second-order valence-electron chi connectivity index (χ2n) is 4.62. The summed E-state index contributed by atoms with van der Waals surface area (Å²) in [6.45, 7) is 0. The molecular formula is C13H14FNO4. The molecule has 0 radical (unpaired) electrons. The number of hydrogen-bond acceptors (Lipinski definition) is 3. The van der Waals surface area contributed by atoms with E-state index < -0.39 is 35.4 Å². The monoisotopic (exact) mass is 267 g/mol. The van der Waals surface area contributed by atoms with E-state index in [9.17, 15) is 19.1 Å². The number of aliphatic carboxylic acids is 1. The molecule has 102 valence electrons. The molecular weight excluding hydrogens is 253 g/mol. The molecule has 0 aromatic heterocycles. The summed E-state index contributed by atoms with van der Waals surface area (Å²) < 4.78 is 12.8. The molecule has 1 fully saturated rings. The maximum atomic E-state index is 12.8. The molecule has 1 aliphatic rings. The number of nitrogens with one attached hydrogen (secondary N) is 1. The van der Waals surface area contributed by atoms with E-state index in [0.717, 1.165) is 18.6 Å². The van der Waals surface area contributed by atoms with Crippen LogP contribution in [0.1, 0.15) is 29.6 Å². The Kier molecular flexibility index (Phi) is 3.69. The third-order valence-electron chi connectivity index (χ3n) is 3.35. The fourth-order valence-corrected chi connectivity index (χ4v) is 2.37. The minimum atomic E-state index is -0.939. The Hall–Kier alpha value is -2.11. The Labute approximate surface area is 109 Å². The van der Waals surface area contributed by atoms with Gasteiger partial charge >= 0.3 is 5.97 Å². The lowest BCUT2D eigenvalue weighted by atomic mass is 10.0. The van der Waals surface area contributed by atoms with Crippen LogP contribution in [0, 0.1) is 11.7 Å². The minimum absolute atomic E-state index is 0.0579. The molecule has 0 aliphatic heterocycles. The highest BCUT2D eigenvalue weighted by Gasteiger charge is 2.34. The number of carbonyl (C=O) groups is 2. The number of benzene rings is 1. The smallest absolute Gasteiger partial charge is 0.308 e. The van der Waals surface area contributed by atoms with Crippen molar-refractivity contribution in [1.29, 1.82) is 0 Å². The van der Waals surface area contributed by atoms with Gasteiger partial charge < -0.3 is 15.5 Å². The molecule has 1 aliphatic carbocycles. The predicted molar refractivity (Wildman–Crippen MR) is 64.3 cm³/mol. The van der Waals surface area contributed by atoms with Gasteiger partial charge in [-0.1, -0.05) is 6.42 Å². The first-order valence-electron chi connectivity index (χ1n) is 6.01. The average molecular weight is 267 g/mol. The van der Waals surface area contributed by atoms with Crippen molar-refractivity contribution in [3.8, 4) is 5.75 Å². The van der Waals surface area contributed by atoms with Crippen molar-refractivity contribution in [2.75, 3.05) is 0 Å². The van der Waals surface area contributed by atoms with E-state index in [1.165, 1.54) is 6.07 Å². The number of rotatable bonds is 3. The normalized spacial score (nSPS) is 22.2. The lowest BCUT2D eigenvalue weighted by Gasteiger charge is -2.17. The molecule has 3 N–H and O–H groups in total. The number of carboxylic acids is 1. The fourth-order valence-electron chi connectivity index (χ4n) is 2.37. The van der Waals surface area contributed by atoms with Gasteiger partial charge in [0.1, 0.15) is 11.6 Å². The summed E-state index contributed by atoms with van der Waals surface area (Å²) in [5.41, 5.74) is -0.0579. The fraction of sp³-hybridized carbons (Fsp3) is 0.385. The molecule has 19 heavy (non-hydrogen) atoms. The predicted octanol–water partition coefficient (Wildman–Crippen LogP) is 1.51. The zero-order valence-corrected chi connectivity index (χ0v) is 10.1. The van der Waals surface area contributed by atoms with Crippen LogP contribution in [-0.4, -0.2) is 28.1 Å². The maximum absolute atomic E-state index is 12.8. The summed E-state index contributed by atoms with van der Waals surface area (Å²) in [4.78, 5) is 22.9. The van der Waals surface area contributed by atoms with Gasteiger partial charge in [0.15, 0.2) is 0 Å². The van der Waals surface area contributed by atoms with Crippen LogP contribution in [0.5, 0.6) is 5.75 Å². The van der Waals surface area contributed by atoms with Gasteiger partial charge in [0.2, 0.25) is 0 Å². The first kappa shape index (κ1) is 13.3. The van der Waals surface area contributed by atoms with Gasteiger partial charge in [0, 0.05) is 12.1 Å². The van der Waals surface area contributed by atoms with Gasteiger partial charge in [-0.25, -0.2) is 4.39 Å². The molecule has 1 aromatic rings. The highest BCUT2D eigenvalue weighted by molar-refractivity contribution is 5.97. The first-order chi connectivity index (χ1) is 8.99. The zero-order chi connectivity index (χ0) is 14.0. The van der Waals surface area contributed by atoms with Crippen LogP contribution in [0.15, 0.2) is 18.2 Å². The van der Waals surface area contributed by atoms with Crippen molar-refractivity contribution in [3.05, 3.63) is 29.6 Å². The summed E-state index contributed by atoms with van der Waals surface area (Å²) in [7, 11) is 0. The molecule has 5 nitrogen and oxygen atoms in total. The highest BCUT2D eigenvalue weighted by atomic mass is 19.1. The summed E-state index contributed by atoms with van der Waals surface area (Å²) >= 11 is 0. The molecule has 2 unspecified atom stereocenters. The number of phenolic OH excluding ortho intramolecular Hbond substituents is 1. The molecule has 1 saturated carbocycles. The quantitative estimate of drug-likeness (QED) is 0.774. The number of hydrogen-bond donors (Lipinski definition) is 3. The summed E-state index contributed by atoms with van der Waals surface area (Å²) in [5.74, 6) is -3.23. The topological polar surface area (TPSA) is 86.6 Å². The number of amides is 1. The summed E-state index contributed by atoms with van der Waals surface area (Å²) in [6.07, 6.45) is 1.84. The number of phenols is 1. The van der Waals surface area contributed by atoms with E-state index in [4.69, 9.17) is 5.11 Å². The van der Waals surface area contributed by atoms with Crippen molar-refractivity contribution >= 4 is 11.9 Å². The lowest BCUT2D eigenvalue weighted by Crippen LogP contribution is -2.40. The van der Waals surface area contributed by atoms with Gasteiger partial charge in [0.25, 0.3) is 5.91 Å². The molecule has 0 bridgehead atoms. The van der Waals surface area contributed by atoms with Crippen LogP contribution in [0.2, 0.25) is 0 Å². The number of aromatic hydroxyl groups is 1. The molecule has 0 heterocycles. The Morgan fingerprint density at radius 1 is 1.32 bits per heavy atom. The third kappa shape index (κ3) is 2.83. The van der Waals surface area contributed by atoms with Crippen molar-refractivity contribution in [3.63, 3.8) is 0 Å². The van der Waals surface area contributed by atoms with Gasteiger partial charge in [-0.2, -0.15) is 0 Å². The van der Waals surface area contributed by atoms with Gasteiger partial charge in [-0.05, 0) is 25.0 Å². The molecule has 6 heteroatoms. The lowest BCUT2D eigenvalue weighted by molar-refractivity contribution is -0.142. The van der Waals surface area contributed by atoms with Gasteiger partial charge in [-0.3, -0.25) is 9.59 Å². The Bertz CT molecular complexity index is 517. The van der Waals surface area contributed by atoms with E-state index in [-0.39, 0.29) is 5.56 Å². The molecule has 0 spiro atoms. The van der Waals surface area contributed by atoms with Crippen LogP contribution in [0.4, 0.5) is 4.39 Å². The second-order valence-corrected chi connectivity index (χ2v) is 4.62. The molecule has 2 atom stereocenters. The van der Waals surface area contributed by atoms with Crippen molar-refractivity contribution < 1.29 is 24.2 Å². The van der Waals surface area contributed by atoms with E-state index in [1.807, 2.05) is 0 Å².